The molecular formula is C11H18NO4+. The van der Waals surface area contributed by atoms with Gasteiger partial charge in [-0.15, -0.1) is 4.48 Å². The fourth-order valence-electron chi connectivity index (χ4n) is 1.53. The Morgan fingerprint density at radius 3 is 2.31 bits per heavy atom. The molecule has 0 bridgehead atoms. The lowest BCUT2D eigenvalue weighted by atomic mass is 10.2. The lowest BCUT2D eigenvalue weighted by molar-refractivity contribution is -0.781. The van der Waals surface area contributed by atoms with E-state index in [-0.39, 0.29) is 13.1 Å². The second kappa shape index (κ2) is 4.25. The summed E-state index contributed by atoms with van der Waals surface area (Å²) < 4.78 is 4.50. The number of amides is 2. The highest BCUT2D eigenvalue weighted by Crippen LogP contribution is 2.20. The van der Waals surface area contributed by atoms with Crippen LogP contribution in [0.5, 0.6) is 0 Å². The van der Waals surface area contributed by atoms with Crippen molar-refractivity contribution in [1.82, 2.24) is 0 Å². The first-order chi connectivity index (χ1) is 7.28. The number of quaternary nitrogens is 1. The Morgan fingerprint density at radius 2 is 1.94 bits per heavy atom. The lowest BCUT2D eigenvalue weighted by Crippen LogP contribution is -2.59. The molecule has 1 aliphatic heterocycles. The van der Waals surface area contributed by atoms with E-state index in [1.165, 1.54) is 0 Å². The first-order valence-electron chi connectivity index (χ1n) is 5.27. The maximum atomic E-state index is 11.9. The average molecular weight is 228 g/mol. The van der Waals surface area contributed by atoms with Crippen molar-refractivity contribution < 1.29 is 23.9 Å². The number of imide groups is 1. The molecule has 0 saturated carbocycles. The summed E-state index contributed by atoms with van der Waals surface area (Å²) in [6, 6.07) is 0. The van der Waals surface area contributed by atoms with Crippen molar-refractivity contribution in [3.8, 4) is 0 Å². The average Bonchev–Trinajstić information content (AvgIpc) is 2.16. The molecule has 1 rings (SSSR count). The number of carboxylic acid groups (broad SMARTS) is 1. The number of ether oxygens (including phenoxy) is 1. The number of hydrogen-bond acceptors (Lipinski definition) is 3. The summed E-state index contributed by atoms with van der Waals surface area (Å²) in [7, 11) is 0. The highest BCUT2D eigenvalue weighted by Gasteiger charge is 2.48. The second-order valence-electron chi connectivity index (χ2n) is 4.90. The van der Waals surface area contributed by atoms with Crippen LogP contribution in [-0.2, 0) is 4.74 Å². The van der Waals surface area contributed by atoms with Gasteiger partial charge in [-0.3, -0.25) is 0 Å². The summed E-state index contributed by atoms with van der Waals surface area (Å²) in [5.74, 6) is 0. The van der Waals surface area contributed by atoms with Gasteiger partial charge in [-0.25, -0.2) is 0 Å². The molecule has 0 aromatic rings. The number of rotatable bonds is 0. The van der Waals surface area contributed by atoms with Gasteiger partial charge in [0.1, 0.15) is 18.7 Å². The SMILES string of the molecule is CC(C)(C)OC(=O)[N+]1(C(=O)O)CC=CCC1. The predicted octanol–water partition coefficient (Wildman–Crippen LogP) is 2.38. The van der Waals surface area contributed by atoms with E-state index >= 15 is 0 Å². The number of carbonyl (C=O) groups excluding carboxylic acids is 1. The minimum atomic E-state index is -1.15. The zero-order valence-electron chi connectivity index (χ0n) is 9.90. The Hall–Kier alpha value is -1.36. The summed E-state index contributed by atoms with van der Waals surface area (Å²) in [6.07, 6.45) is 2.32. The third-order valence-corrected chi connectivity index (χ3v) is 2.37. The standard InChI is InChI=1S/C11H17NO4/c1-11(2,3)16-10(15)12(9(13)14)7-5-4-6-8-12/h4-5H,6-8H2,1-3H3/p+1. The molecule has 16 heavy (non-hydrogen) atoms. The molecule has 0 saturated heterocycles. The van der Waals surface area contributed by atoms with E-state index in [1.54, 1.807) is 26.8 Å². The molecule has 2 amide bonds. The number of nitrogens with zero attached hydrogens (tertiary/aromatic N) is 1. The van der Waals surface area contributed by atoms with Crippen LogP contribution >= 0.6 is 0 Å². The Balaban J connectivity index is 2.90. The summed E-state index contributed by atoms with van der Waals surface area (Å²) >= 11 is 0. The van der Waals surface area contributed by atoms with Gasteiger partial charge in [-0.2, -0.15) is 9.59 Å². The van der Waals surface area contributed by atoms with Gasteiger partial charge in [0.05, 0.1) is 0 Å². The lowest BCUT2D eigenvalue weighted by Gasteiger charge is -2.32. The van der Waals surface area contributed by atoms with Crippen LogP contribution in [0.15, 0.2) is 12.2 Å². The van der Waals surface area contributed by atoms with E-state index in [9.17, 15) is 14.7 Å². The predicted molar refractivity (Wildman–Crippen MR) is 58.0 cm³/mol. The molecule has 0 aliphatic carbocycles. The molecule has 5 nitrogen and oxygen atoms in total. The molecular weight excluding hydrogens is 210 g/mol. The van der Waals surface area contributed by atoms with Crippen molar-refractivity contribution in [2.75, 3.05) is 13.1 Å². The minimum absolute atomic E-state index is 0.157. The Kier molecular flexibility index (Phi) is 3.38. The van der Waals surface area contributed by atoms with E-state index in [2.05, 4.69) is 0 Å². The quantitative estimate of drug-likeness (QED) is 0.510. The zero-order valence-corrected chi connectivity index (χ0v) is 9.90. The third-order valence-electron chi connectivity index (χ3n) is 2.37. The van der Waals surface area contributed by atoms with E-state index in [0.717, 1.165) is 0 Å². The minimum Gasteiger partial charge on any atom is -0.435 e. The molecule has 0 aromatic heterocycles. The second-order valence-corrected chi connectivity index (χ2v) is 4.90. The summed E-state index contributed by atoms with van der Waals surface area (Å²) in [5.41, 5.74) is -0.668. The molecule has 0 radical (unpaired) electrons. The van der Waals surface area contributed by atoms with Gasteiger partial charge in [0, 0.05) is 6.42 Å². The van der Waals surface area contributed by atoms with Crippen molar-refractivity contribution in [2.24, 2.45) is 0 Å². The van der Waals surface area contributed by atoms with Gasteiger partial charge in [0.25, 0.3) is 0 Å². The smallest absolute Gasteiger partial charge is 0.435 e. The molecule has 1 heterocycles. The molecule has 1 unspecified atom stereocenters. The molecule has 90 valence electrons. The first-order valence-corrected chi connectivity index (χ1v) is 5.27. The van der Waals surface area contributed by atoms with Crippen molar-refractivity contribution in [2.45, 2.75) is 32.8 Å². The van der Waals surface area contributed by atoms with Crippen LogP contribution in [0.25, 0.3) is 0 Å². The van der Waals surface area contributed by atoms with Gasteiger partial charge in [0.2, 0.25) is 0 Å². The highest BCUT2D eigenvalue weighted by atomic mass is 16.6. The Bertz CT molecular complexity index is 329. The molecule has 5 heteroatoms. The van der Waals surface area contributed by atoms with E-state index < -0.39 is 22.3 Å². The van der Waals surface area contributed by atoms with Crippen LogP contribution < -0.4 is 0 Å². The molecule has 0 aromatic carbocycles. The monoisotopic (exact) mass is 228 g/mol. The maximum Gasteiger partial charge on any atom is 0.527 e. The third kappa shape index (κ3) is 2.61. The summed E-state index contributed by atoms with van der Waals surface area (Å²) in [4.78, 5) is 23.2. The van der Waals surface area contributed by atoms with Crippen LogP contribution in [0, 0.1) is 0 Å². The van der Waals surface area contributed by atoms with Crippen molar-refractivity contribution in [1.29, 1.82) is 0 Å². The Morgan fingerprint density at radius 1 is 1.31 bits per heavy atom. The van der Waals surface area contributed by atoms with Crippen LogP contribution in [0.4, 0.5) is 9.59 Å². The van der Waals surface area contributed by atoms with Crippen LogP contribution in [0.2, 0.25) is 0 Å². The molecule has 1 N–H and O–H groups in total. The van der Waals surface area contributed by atoms with Crippen molar-refractivity contribution in [3.63, 3.8) is 0 Å². The Labute approximate surface area is 94.9 Å². The molecule has 1 atom stereocenters. The van der Waals surface area contributed by atoms with Crippen LogP contribution in [-0.4, -0.2) is 40.5 Å². The normalized spacial score (nSPS) is 25.2. The first kappa shape index (κ1) is 12.7. The molecule has 0 fully saturated rings. The highest BCUT2D eigenvalue weighted by molar-refractivity contribution is 5.75. The maximum absolute atomic E-state index is 11.9. The van der Waals surface area contributed by atoms with Gasteiger partial charge in [-0.05, 0) is 26.8 Å². The van der Waals surface area contributed by atoms with Crippen LogP contribution in [0.3, 0.4) is 0 Å². The van der Waals surface area contributed by atoms with E-state index in [4.69, 9.17) is 4.74 Å². The van der Waals surface area contributed by atoms with Crippen molar-refractivity contribution in [3.05, 3.63) is 12.2 Å². The fraction of sp³-hybridized carbons (Fsp3) is 0.636. The van der Waals surface area contributed by atoms with Gasteiger partial charge >= 0.3 is 12.2 Å². The molecule has 1 aliphatic rings. The zero-order chi connectivity index (χ0) is 12.4. The van der Waals surface area contributed by atoms with Gasteiger partial charge < -0.3 is 9.84 Å². The topological polar surface area (TPSA) is 63.6 Å². The van der Waals surface area contributed by atoms with Crippen molar-refractivity contribution >= 4 is 12.2 Å². The van der Waals surface area contributed by atoms with Crippen LogP contribution in [0.1, 0.15) is 27.2 Å². The fourth-order valence-corrected chi connectivity index (χ4v) is 1.53. The van der Waals surface area contributed by atoms with Gasteiger partial charge in [-0.1, -0.05) is 6.08 Å². The van der Waals surface area contributed by atoms with Gasteiger partial charge in [0.15, 0.2) is 0 Å². The number of carbonyl (C=O) groups is 2. The van der Waals surface area contributed by atoms with E-state index in [0.29, 0.717) is 6.42 Å². The summed E-state index contributed by atoms with van der Waals surface area (Å²) in [6.45, 7) is 5.58. The number of hydrogen-bond donors (Lipinski definition) is 1. The van der Waals surface area contributed by atoms with E-state index in [1.807, 2.05) is 6.08 Å². The largest absolute Gasteiger partial charge is 0.527 e. The molecule has 0 spiro atoms. The summed E-state index contributed by atoms with van der Waals surface area (Å²) in [5, 5.41) is 9.19.